The van der Waals surface area contributed by atoms with E-state index in [-0.39, 0.29) is 17.1 Å². The number of fused-ring (bicyclic) bond motifs is 2. The van der Waals surface area contributed by atoms with Gasteiger partial charge in [-0.3, -0.25) is 14.5 Å². The van der Waals surface area contributed by atoms with Crippen LogP contribution in [0.5, 0.6) is 5.75 Å². The van der Waals surface area contributed by atoms with Gasteiger partial charge in [0.15, 0.2) is 5.43 Å². The van der Waals surface area contributed by atoms with E-state index in [0.717, 1.165) is 26.7 Å². The molecule has 188 valence electrons. The minimum absolute atomic E-state index is 0.0753. The van der Waals surface area contributed by atoms with Crippen LogP contribution < -0.4 is 15.1 Å². The molecule has 38 heavy (non-hydrogen) atoms. The van der Waals surface area contributed by atoms with E-state index in [0.29, 0.717) is 34.6 Å². The van der Waals surface area contributed by atoms with Crippen molar-refractivity contribution in [3.63, 3.8) is 0 Å². The van der Waals surface area contributed by atoms with Crippen LogP contribution in [0.4, 0.5) is 5.69 Å². The molecule has 0 saturated carbocycles. The largest absolute Gasteiger partial charge is 0.489 e. The first-order valence-electron chi connectivity index (χ1n) is 12.3. The van der Waals surface area contributed by atoms with Gasteiger partial charge >= 0.3 is 0 Å². The lowest BCUT2D eigenvalue weighted by Gasteiger charge is -2.25. The summed E-state index contributed by atoms with van der Waals surface area (Å²) in [4.78, 5) is 29.5. The van der Waals surface area contributed by atoms with E-state index in [2.05, 4.69) is 15.9 Å². The molecule has 1 amide bonds. The summed E-state index contributed by atoms with van der Waals surface area (Å²) in [5.41, 5.74) is 5.01. The first kappa shape index (κ1) is 24.2. The van der Waals surface area contributed by atoms with Crippen LogP contribution in [0, 0.1) is 13.8 Å². The SMILES string of the molecule is Cc1cc2oc3c(c(=O)c2cc1C)C(c1cccc(OCc2ccccc2)c1)N(c1cccc(Br)c1)C3=O. The van der Waals surface area contributed by atoms with Crippen molar-refractivity contribution in [3.05, 3.63) is 139 Å². The number of carbonyl (C=O) groups excluding carboxylic acids is 1. The number of nitrogens with zero attached hydrogens (tertiary/aromatic N) is 1. The zero-order valence-corrected chi connectivity index (χ0v) is 22.5. The molecule has 0 spiro atoms. The summed E-state index contributed by atoms with van der Waals surface area (Å²) in [6.45, 7) is 4.33. The highest BCUT2D eigenvalue weighted by Gasteiger charge is 2.43. The molecule has 0 fully saturated rings. The number of rotatable bonds is 5. The quantitative estimate of drug-likeness (QED) is 0.221. The third-order valence-electron chi connectivity index (χ3n) is 7.00. The van der Waals surface area contributed by atoms with Gasteiger partial charge in [-0.1, -0.05) is 64.5 Å². The third-order valence-corrected chi connectivity index (χ3v) is 7.49. The second-order valence-electron chi connectivity index (χ2n) is 9.51. The number of halogens is 1. The molecule has 0 radical (unpaired) electrons. The summed E-state index contributed by atoms with van der Waals surface area (Å²) in [6, 6.07) is 28.0. The van der Waals surface area contributed by atoms with Gasteiger partial charge in [0.2, 0.25) is 5.76 Å². The van der Waals surface area contributed by atoms with Crippen molar-refractivity contribution in [1.82, 2.24) is 0 Å². The van der Waals surface area contributed by atoms with Crippen molar-refractivity contribution < 1.29 is 13.9 Å². The molecule has 0 N–H and O–H groups in total. The second kappa shape index (κ2) is 9.62. The number of hydrogen-bond donors (Lipinski definition) is 0. The number of anilines is 1. The zero-order chi connectivity index (χ0) is 26.4. The Morgan fingerprint density at radius 3 is 2.42 bits per heavy atom. The monoisotopic (exact) mass is 565 g/mol. The molecule has 5 aromatic rings. The third kappa shape index (κ3) is 4.21. The molecular formula is C32H24BrNO4. The average Bonchev–Trinajstić information content (AvgIpc) is 3.22. The maximum Gasteiger partial charge on any atom is 0.295 e. The molecule has 0 saturated heterocycles. The van der Waals surface area contributed by atoms with Gasteiger partial charge in [0, 0.05) is 10.2 Å². The first-order chi connectivity index (χ1) is 18.4. The van der Waals surface area contributed by atoms with Crippen LogP contribution in [0.15, 0.2) is 105 Å². The van der Waals surface area contributed by atoms with Crippen LogP contribution in [0.1, 0.15) is 44.4 Å². The lowest BCUT2D eigenvalue weighted by molar-refractivity contribution is 0.0971. The molecule has 1 aliphatic heterocycles. The van der Waals surface area contributed by atoms with Crippen molar-refractivity contribution in [3.8, 4) is 5.75 Å². The maximum atomic E-state index is 14.0. The first-order valence-corrected chi connectivity index (χ1v) is 13.1. The molecule has 1 atom stereocenters. The van der Waals surface area contributed by atoms with Gasteiger partial charge < -0.3 is 9.15 Å². The van der Waals surface area contributed by atoms with E-state index in [9.17, 15) is 9.59 Å². The molecule has 0 aliphatic carbocycles. The second-order valence-corrected chi connectivity index (χ2v) is 10.4. The molecular weight excluding hydrogens is 542 g/mol. The van der Waals surface area contributed by atoms with Crippen molar-refractivity contribution in [2.45, 2.75) is 26.5 Å². The fourth-order valence-electron chi connectivity index (χ4n) is 4.95. The minimum Gasteiger partial charge on any atom is -0.489 e. The number of hydrogen-bond acceptors (Lipinski definition) is 4. The van der Waals surface area contributed by atoms with Crippen LogP contribution in [0.25, 0.3) is 11.0 Å². The highest BCUT2D eigenvalue weighted by molar-refractivity contribution is 9.10. The number of carbonyl (C=O) groups is 1. The minimum atomic E-state index is -0.672. The predicted octanol–water partition coefficient (Wildman–Crippen LogP) is 7.50. The number of benzene rings is 4. The fourth-order valence-corrected chi connectivity index (χ4v) is 5.34. The highest BCUT2D eigenvalue weighted by atomic mass is 79.9. The molecule has 2 heterocycles. The highest BCUT2D eigenvalue weighted by Crippen LogP contribution is 2.42. The Bertz CT molecular complexity index is 1760. The standard InChI is InChI=1S/C32H24BrNO4/c1-19-14-26-27(15-20(19)2)38-31-28(30(26)35)29(34(32(31)36)24-12-7-11-23(33)17-24)22-10-6-13-25(16-22)37-18-21-8-4-3-5-9-21/h3-17,29H,18H2,1-2H3. The Morgan fingerprint density at radius 1 is 0.868 bits per heavy atom. The van der Waals surface area contributed by atoms with Crippen LogP contribution in [0.3, 0.4) is 0 Å². The molecule has 6 heteroatoms. The maximum absolute atomic E-state index is 14.0. The van der Waals surface area contributed by atoms with Gasteiger partial charge in [-0.2, -0.15) is 0 Å². The summed E-state index contributed by atoms with van der Waals surface area (Å²) in [5, 5.41) is 0.470. The average molecular weight is 566 g/mol. The summed E-state index contributed by atoms with van der Waals surface area (Å²) < 4.78 is 13.1. The topological polar surface area (TPSA) is 59.8 Å². The molecule has 6 rings (SSSR count). The lowest BCUT2D eigenvalue weighted by Crippen LogP contribution is -2.29. The van der Waals surface area contributed by atoms with Crippen molar-refractivity contribution in [2.75, 3.05) is 4.90 Å². The van der Waals surface area contributed by atoms with Crippen LogP contribution >= 0.6 is 15.9 Å². The fraction of sp³-hybridized carbons (Fsp3) is 0.125. The molecule has 1 aliphatic rings. The van der Waals surface area contributed by atoms with E-state index in [1.165, 1.54) is 0 Å². The lowest BCUT2D eigenvalue weighted by atomic mass is 9.97. The summed E-state index contributed by atoms with van der Waals surface area (Å²) in [5.74, 6) is 0.375. The van der Waals surface area contributed by atoms with E-state index in [4.69, 9.17) is 9.15 Å². The van der Waals surface area contributed by atoms with Crippen molar-refractivity contribution >= 4 is 38.5 Å². The summed E-state index contributed by atoms with van der Waals surface area (Å²) in [7, 11) is 0. The molecule has 1 unspecified atom stereocenters. The van der Waals surface area contributed by atoms with Crippen LogP contribution in [0.2, 0.25) is 0 Å². The normalized spacial score (nSPS) is 14.7. The van der Waals surface area contributed by atoms with E-state index in [1.807, 2.05) is 105 Å². The van der Waals surface area contributed by atoms with Crippen molar-refractivity contribution in [1.29, 1.82) is 0 Å². The predicted molar refractivity (Wildman–Crippen MR) is 152 cm³/mol. The smallest absolute Gasteiger partial charge is 0.295 e. The van der Waals surface area contributed by atoms with Crippen LogP contribution in [-0.4, -0.2) is 5.91 Å². The van der Waals surface area contributed by atoms with Crippen LogP contribution in [-0.2, 0) is 6.61 Å². The number of aryl methyl sites for hydroxylation is 2. The van der Waals surface area contributed by atoms with E-state index in [1.54, 1.807) is 4.90 Å². The van der Waals surface area contributed by atoms with Gasteiger partial charge in [-0.05, 0) is 78.6 Å². The Balaban J connectivity index is 1.51. The van der Waals surface area contributed by atoms with E-state index >= 15 is 0 Å². The Morgan fingerprint density at radius 2 is 1.63 bits per heavy atom. The van der Waals surface area contributed by atoms with E-state index < -0.39 is 6.04 Å². The number of ether oxygens (including phenoxy) is 1. The molecule has 0 bridgehead atoms. The van der Waals surface area contributed by atoms with Crippen molar-refractivity contribution in [2.24, 2.45) is 0 Å². The van der Waals surface area contributed by atoms with Gasteiger partial charge in [-0.25, -0.2) is 0 Å². The Kier molecular flexibility index (Phi) is 6.12. The van der Waals surface area contributed by atoms with Gasteiger partial charge in [-0.15, -0.1) is 0 Å². The molecule has 5 nitrogen and oxygen atoms in total. The Hall–Kier alpha value is -4.16. The summed E-state index contributed by atoms with van der Waals surface area (Å²) in [6.07, 6.45) is 0. The van der Waals surface area contributed by atoms with Gasteiger partial charge in [0.1, 0.15) is 17.9 Å². The number of amides is 1. The molecule has 4 aromatic carbocycles. The zero-order valence-electron chi connectivity index (χ0n) is 20.9. The van der Waals surface area contributed by atoms with Gasteiger partial charge in [0.05, 0.1) is 17.0 Å². The molecule has 1 aromatic heterocycles. The Labute approximate surface area is 228 Å². The van der Waals surface area contributed by atoms with Gasteiger partial charge in [0.25, 0.3) is 5.91 Å². The summed E-state index contributed by atoms with van der Waals surface area (Å²) >= 11 is 3.52.